The van der Waals surface area contributed by atoms with Crippen LogP contribution in [0.3, 0.4) is 0 Å². The standard InChI is InChI=1S/C26H31NO7/c1-29-21-9-15-16-10-22(30-2)24(32-4)12-18(16)26-19(17(15)11-23(21)31-3)13-27(14-20(26)28)6-5-25-33-7-8-34-25/h9-12,20,25,28H,5-8,13-14H2,1-4H3. The van der Waals surface area contributed by atoms with Crippen LogP contribution in [-0.2, 0) is 16.0 Å². The summed E-state index contributed by atoms with van der Waals surface area (Å²) in [6.07, 6.45) is -0.0735. The zero-order valence-electron chi connectivity index (χ0n) is 20.1. The molecule has 5 rings (SSSR count). The van der Waals surface area contributed by atoms with E-state index in [1.54, 1.807) is 28.4 Å². The first-order valence-electron chi connectivity index (χ1n) is 11.5. The molecular formula is C26H31NO7. The van der Waals surface area contributed by atoms with Gasteiger partial charge in [0.1, 0.15) is 0 Å². The number of methoxy groups -OCH3 is 4. The number of ether oxygens (including phenoxy) is 6. The Labute approximate surface area is 198 Å². The maximum absolute atomic E-state index is 11.4. The van der Waals surface area contributed by atoms with Crippen molar-refractivity contribution in [1.82, 2.24) is 4.90 Å². The van der Waals surface area contributed by atoms with Gasteiger partial charge in [0.05, 0.1) is 47.8 Å². The Morgan fingerprint density at radius 2 is 1.29 bits per heavy atom. The fourth-order valence-electron chi connectivity index (χ4n) is 5.19. The third-order valence-corrected chi connectivity index (χ3v) is 6.80. The van der Waals surface area contributed by atoms with Crippen LogP contribution in [0, 0.1) is 0 Å². The summed E-state index contributed by atoms with van der Waals surface area (Å²) in [5.41, 5.74) is 1.99. The number of β-amino-alcohol motifs (C(OH)–C–C–N with tert-alkyl or cyclic N) is 1. The zero-order chi connectivity index (χ0) is 23.8. The number of hydrogen-bond acceptors (Lipinski definition) is 8. The molecule has 34 heavy (non-hydrogen) atoms. The number of hydrogen-bond donors (Lipinski definition) is 1. The van der Waals surface area contributed by atoms with E-state index in [1.807, 2.05) is 24.3 Å². The molecule has 182 valence electrons. The number of rotatable bonds is 7. The summed E-state index contributed by atoms with van der Waals surface area (Å²) in [6, 6.07) is 7.93. The molecule has 0 bridgehead atoms. The molecule has 0 aliphatic carbocycles. The van der Waals surface area contributed by atoms with E-state index in [-0.39, 0.29) is 6.29 Å². The van der Waals surface area contributed by atoms with Crippen LogP contribution in [0.2, 0.25) is 0 Å². The zero-order valence-corrected chi connectivity index (χ0v) is 20.1. The first-order chi connectivity index (χ1) is 16.6. The van der Waals surface area contributed by atoms with Crippen LogP contribution in [-0.4, -0.2) is 71.0 Å². The smallest absolute Gasteiger partial charge is 0.161 e. The summed E-state index contributed by atoms with van der Waals surface area (Å²) in [7, 11) is 6.51. The maximum Gasteiger partial charge on any atom is 0.161 e. The van der Waals surface area contributed by atoms with Gasteiger partial charge in [-0.1, -0.05) is 0 Å². The van der Waals surface area contributed by atoms with Crippen LogP contribution in [0.25, 0.3) is 21.5 Å². The second-order valence-corrected chi connectivity index (χ2v) is 8.61. The van der Waals surface area contributed by atoms with Crippen LogP contribution in [0.1, 0.15) is 23.7 Å². The summed E-state index contributed by atoms with van der Waals surface area (Å²) >= 11 is 0. The molecule has 3 aromatic carbocycles. The lowest BCUT2D eigenvalue weighted by Crippen LogP contribution is -2.36. The SMILES string of the molecule is COc1cc2c3c(c4cc(OC)c(OC)cc4c2cc1OC)C(O)CN(CCC1OCCO1)C3. The number of fused-ring (bicyclic) bond motifs is 6. The third kappa shape index (κ3) is 3.90. The lowest BCUT2D eigenvalue weighted by atomic mass is 9.86. The molecule has 0 amide bonds. The van der Waals surface area contributed by atoms with Crippen LogP contribution >= 0.6 is 0 Å². The predicted octanol–water partition coefficient (Wildman–Crippen LogP) is 3.64. The van der Waals surface area contributed by atoms with Crippen molar-refractivity contribution in [1.29, 1.82) is 0 Å². The summed E-state index contributed by atoms with van der Waals surface area (Å²) in [4.78, 5) is 2.25. The Hall–Kier alpha value is -2.78. The Morgan fingerprint density at radius 3 is 1.85 bits per heavy atom. The molecule has 2 aliphatic heterocycles. The molecular weight excluding hydrogens is 438 g/mol. The average Bonchev–Trinajstić information content (AvgIpc) is 3.39. The Balaban J connectivity index is 1.70. The van der Waals surface area contributed by atoms with Gasteiger partial charge in [-0.3, -0.25) is 4.90 Å². The molecule has 1 N–H and O–H groups in total. The Kier molecular flexibility index (Phi) is 6.40. The van der Waals surface area contributed by atoms with Gasteiger partial charge in [0.2, 0.25) is 0 Å². The molecule has 1 unspecified atom stereocenters. The van der Waals surface area contributed by atoms with Crippen LogP contribution in [0.4, 0.5) is 0 Å². The second-order valence-electron chi connectivity index (χ2n) is 8.61. The van der Waals surface area contributed by atoms with Gasteiger partial charge in [0.25, 0.3) is 0 Å². The number of nitrogens with zero attached hydrogens (tertiary/aromatic N) is 1. The van der Waals surface area contributed by atoms with Gasteiger partial charge in [-0.05, 0) is 56.9 Å². The molecule has 8 nitrogen and oxygen atoms in total. The fraction of sp³-hybridized carbons (Fsp3) is 0.462. The van der Waals surface area contributed by atoms with E-state index >= 15 is 0 Å². The van der Waals surface area contributed by atoms with Crippen molar-refractivity contribution in [3.8, 4) is 23.0 Å². The number of aliphatic hydroxyl groups is 1. The molecule has 8 heteroatoms. The average molecular weight is 470 g/mol. The molecule has 0 saturated carbocycles. The molecule has 2 aliphatic rings. The largest absolute Gasteiger partial charge is 0.493 e. The highest BCUT2D eigenvalue weighted by Gasteiger charge is 2.30. The molecule has 0 aromatic heterocycles. The van der Waals surface area contributed by atoms with E-state index in [0.717, 1.165) is 45.6 Å². The van der Waals surface area contributed by atoms with Gasteiger partial charge >= 0.3 is 0 Å². The highest BCUT2D eigenvalue weighted by Crippen LogP contribution is 2.46. The minimum Gasteiger partial charge on any atom is -0.493 e. The van der Waals surface area contributed by atoms with Gasteiger partial charge in [-0.25, -0.2) is 0 Å². The van der Waals surface area contributed by atoms with E-state index in [1.165, 1.54) is 0 Å². The highest BCUT2D eigenvalue weighted by molar-refractivity contribution is 6.13. The topological polar surface area (TPSA) is 78.9 Å². The van der Waals surface area contributed by atoms with Crippen molar-refractivity contribution >= 4 is 21.5 Å². The number of benzene rings is 3. The van der Waals surface area contributed by atoms with E-state index in [2.05, 4.69) is 4.90 Å². The Bertz CT molecular complexity index is 1210. The maximum atomic E-state index is 11.4. The predicted molar refractivity (Wildman–Crippen MR) is 128 cm³/mol. The van der Waals surface area contributed by atoms with Crippen molar-refractivity contribution in [2.24, 2.45) is 0 Å². The molecule has 3 aromatic rings. The third-order valence-electron chi connectivity index (χ3n) is 6.80. The fourth-order valence-corrected chi connectivity index (χ4v) is 5.19. The van der Waals surface area contributed by atoms with Gasteiger partial charge in [0.15, 0.2) is 29.3 Å². The van der Waals surface area contributed by atoms with Crippen LogP contribution in [0.5, 0.6) is 23.0 Å². The van der Waals surface area contributed by atoms with Crippen LogP contribution in [0.15, 0.2) is 24.3 Å². The first-order valence-corrected chi connectivity index (χ1v) is 11.5. The minimum atomic E-state index is -0.660. The van der Waals surface area contributed by atoms with Gasteiger partial charge in [-0.2, -0.15) is 0 Å². The summed E-state index contributed by atoms with van der Waals surface area (Å²) in [5, 5.41) is 15.3. The number of aliphatic hydroxyl groups excluding tert-OH is 1. The highest BCUT2D eigenvalue weighted by atomic mass is 16.7. The van der Waals surface area contributed by atoms with E-state index < -0.39 is 6.10 Å². The lowest BCUT2D eigenvalue weighted by molar-refractivity contribution is -0.0542. The van der Waals surface area contributed by atoms with Crippen LogP contribution < -0.4 is 18.9 Å². The van der Waals surface area contributed by atoms with Crippen molar-refractivity contribution in [3.63, 3.8) is 0 Å². The molecule has 2 heterocycles. The molecule has 0 spiro atoms. The van der Waals surface area contributed by atoms with Crippen molar-refractivity contribution in [2.45, 2.75) is 25.4 Å². The Morgan fingerprint density at radius 1 is 0.794 bits per heavy atom. The first kappa shape index (κ1) is 23.0. The normalized spacial score (nSPS) is 18.9. The summed E-state index contributed by atoms with van der Waals surface area (Å²) in [5.74, 6) is 2.56. The molecule has 1 fully saturated rings. The van der Waals surface area contributed by atoms with Gasteiger partial charge < -0.3 is 33.5 Å². The lowest BCUT2D eigenvalue weighted by Gasteiger charge is -2.34. The van der Waals surface area contributed by atoms with Crippen molar-refractivity contribution in [3.05, 3.63) is 35.4 Å². The van der Waals surface area contributed by atoms with Crippen molar-refractivity contribution in [2.75, 3.05) is 54.7 Å². The molecule has 0 radical (unpaired) electrons. The van der Waals surface area contributed by atoms with E-state index in [9.17, 15) is 5.11 Å². The second kappa shape index (κ2) is 9.46. The van der Waals surface area contributed by atoms with Crippen molar-refractivity contribution < 1.29 is 33.5 Å². The van der Waals surface area contributed by atoms with E-state index in [0.29, 0.717) is 49.3 Å². The quantitative estimate of drug-likeness (QED) is 0.526. The molecule has 1 saturated heterocycles. The minimum absolute atomic E-state index is 0.173. The monoisotopic (exact) mass is 469 g/mol. The van der Waals surface area contributed by atoms with E-state index in [4.69, 9.17) is 28.4 Å². The summed E-state index contributed by atoms with van der Waals surface area (Å²) < 4.78 is 33.6. The summed E-state index contributed by atoms with van der Waals surface area (Å²) in [6.45, 7) is 3.26. The van der Waals surface area contributed by atoms with Gasteiger partial charge in [0, 0.05) is 26.1 Å². The molecule has 1 atom stereocenters. The van der Waals surface area contributed by atoms with Gasteiger partial charge in [-0.15, -0.1) is 0 Å².